The molecule has 6 aromatic carbocycles. The van der Waals surface area contributed by atoms with Crippen LogP contribution in [0.5, 0.6) is 0 Å². The minimum absolute atomic E-state index is 0.123. The molecule has 0 aliphatic heterocycles. The molecular formula is C46H38N2. The summed E-state index contributed by atoms with van der Waals surface area (Å²) < 4.78 is 4.89. The van der Waals surface area contributed by atoms with Crippen LogP contribution in [0.2, 0.25) is 0 Å². The van der Waals surface area contributed by atoms with Crippen molar-refractivity contribution in [3.63, 3.8) is 0 Å². The third-order valence-corrected chi connectivity index (χ3v) is 10.2. The molecule has 0 radical (unpaired) electrons. The number of para-hydroxylation sites is 2. The summed E-state index contributed by atoms with van der Waals surface area (Å²) in [5.41, 5.74) is 14.2. The van der Waals surface area contributed by atoms with Gasteiger partial charge < -0.3 is 9.13 Å². The van der Waals surface area contributed by atoms with Crippen LogP contribution >= 0.6 is 0 Å². The zero-order valence-electron chi connectivity index (χ0n) is 27.7. The van der Waals surface area contributed by atoms with Crippen molar-refractivity contribution in [2.75, 3.05) is 0 Å². The second kappa shape index (κ2) is 11.0. The standard InChI is InChI=1S/C46H38N2/c1-46(2,3)35-21-25-37(26-22-35)48-43-16-10-8-14-39(43)41-30-34(20-28-45(41)48)33-19-27-44-40(29-33)38-13-7-9-15-42(38)47(44)36-23-17-32(18-24-36)31-11-5-4-6-12-31/h4-17,19-23,25-30H,18,24H2,1-3H3. The van der Waals surface area contributed by atoms with Crippen molar-refractivity contribution in [3.05, 3.63) is 163 Å². The smallest absolute Gasteiger partial charge is 0.0541 e. The highest BCUT2D eigenvalue weighted by Crippen LogP contribution is 2.40. The number of fused-ring (bicyclic) bond motifs is 6. The average Bonchev–Trinajstić information content (AvgIpc) is 3.64. The van der Waals surface area contributed by atoms with Gasteiger partial charge in [0.2, 0.25) is 0 Å². The van der Waals surface area contributed by atoms with Crippen LogP contribution in [0.4, 0.5) is 0 Å². The molecule has 0 bridgehead atoms. The van der Waals surface area contributed by atoms with Gasteiger partial charge in [-0.1, -0.05) is 118 Å². The lowest BCUT2D eigenvalue weighted by molar-refractivity contribution is 0.590. The largest absolute Gasteiger partial charge is 0.313 e. The summed E-state index contributed by atoms with van der Waals surface area (Å²) in [6.45, 7) is 6.81. The highest BCUT2D eigenvalue weighted by atomic mass is 15.0. The van der Waals surface area contributed by atoms with Crippen molar-refractivity contribution >= 4 is 54.9 Å². The molecule has 8 aromatic rings. The summed E-state index contributed by atoms with van der Waals surface area (Å²) in [6.07, 6.45) is 6.69. The Morgan fingerprint density at radius 2 is 0.979 bits per heavy atom. The Bertz CT molecular complexity index is 2560. The maximum absolute atomic E-state index is 2.48. The van der Waals surface area contributed by atoms with Crippen LogP contribution in [-0.2, 0) is 5.41 Å². The zero-order chi connectivity index (χ0) is 32.4. The number of benzene rings is 6. The van der Waals surface area contributed by atoms with Crippen LogP contribution in [-0.4, -0.2) is 9.13 Å². The maximum atomic E-state index is 2.48. The molecule has 0 saturated heterocycles. The molecule has 0 spiro atoms. The van der Waals surface area contributed by atoms with Gasteiger partial charge in [-0.3, -0.25) is 0 Å². The van der Waals surface area contributed by atoms with E-state index >= 15 is 0 Å². The minimum atomic E-state index is 0.123. The summed E-state index contributed by atoms with van der Waals surface area (Å²) in [6, 6.07) is 51.5. The fraction of sp³-hybridized carbons (Fsp3) is 0.130. The molecule has 0 saturated carbocycles. The van der Waals surface area contributed by atoms with Crippen LogP contribution in [0.15, 0.2) is 152 Å². The van der Waals surface area contributed by atoms with Gasteiger partial charge in [-0.25, -0.2) is 0 Å². The third kappa shape index (κ3) is 4.63. The number of nitrogens with zero attached hydrogens (tertiary/aromatic N) is 2. The van der Waals surface area contributed by atoms with Gasteiger partial charge in [0.25, 0.3) is 0 Å². The molecule has 1 aliphatic rings. The molecule has 2 heteroatoms. The van der Waals surface area contributed by atoms with Crippen molar-refractivity contribution in [2.45, 2.75) is 39.0 Å². The van der Waals surface area contributed by atoms with E-state index in [0.29, 0.717) is 0 Å². The third-order valence-electron chi connectivity index (χ3n) is 10.2. The molecule has 2 nitrogen and oxygen atoms in total. The van der Waals surface area contributed by atoms with Crippen LogP contribution in [0, 0.1) is 0 Å². The molecule has 9 rings (SSSR count). The van der Waals surface area contributed by atoms with Gasteiger partial charge in [-0.05, 0) is 101 Å². The Hall–Kier alpha value is -5.60. The highest BCUT2D eigenvalue weighted by Gasteiger charge is 2.19. The Kier molecular flexibility index (Phi) is 6.55. The first kappa shape index (κ1) is 28.6. The first-order chi connectivity index (χ1) is 23.4. The Labute approximate surface area is 281 Å². The monoisotopic (exact) mass is 618 g/mol. The van der Waals surface area contributed by atoms with Gasteiger partial charge >= 0.3 is 0 Å². The lowest BCUT2D eigenvalue weighted by Gasteiger charge is -2.19. The van der Waals surface area contributed by atoms with Gasteiger partial charge in [-0.2, -0.15) is 0 Å². The zero-order valence-corrected chi connectivity index (χ0v) is 27.7. The lowest BCUT2D eigenvalue weighted by Crippen LogP contribution is -2.10. The number of hydrogen-bond acceptors (Lipinski definition) is 0. The Morgan fingerprint density at radius 3 is 1.56 bits per heavy atom. The fourth-order valence-electron chi connectivity index (χ4n) is 7.71. The number of allylic oxidation sites excluding steroid dienone is 4. The molecule has 0 amide bonds. The van der Waals surface area contributed by atoms with Gasteiger partial charge in [0.05, 0.1) is 22.1 Å². The van der Waals surface area contributed by atoms with Gasteiger partial charge in [-0.15, -0.1) is 0 Å². The SMILES string of the molecule is CC(C)(C)c1ccc(-n2c3ccccc3c3cc(-c4ccc5c(c4)c4ccccc4n5C4=CC=C(c5ccccc5)CC4)ccc32)cc1. The maximum Gasteiger partial charge on any atom is 0.0541 e. The van der Waals surface area contributed by atoms with Gasteiger partial charge in [0.15, 0.2) is 0 Å². The second-order valence-electron chi connectivity index (χ2n) is 14.2. The molecular weight excluding hydrogens is 581 g/mol. The molecule has 0 fully saturated rings. The number of rotatable bonds is 4. The van der Waals surface area contributed by atoms with E-state index in [1.54, 1.807) is 0 Å². The molecule has 2 heterocycles. The molecule has 2 aromatic heterocycles. The summed E-state index contributed by atoms with van der Waals surface area (Å²) in [5.74, 6) is 0. The molecule has 232 valence electrons. The summed E-state index contributed by atoms with van der Waals surface area (Å²) in [4.78, 5) is 0. The van der Waals surface area contributed by atoms with E-state index in [0.717, 1.165) is 12.8 Å². The topological polar surface area (TPSA) is 9.86 Å². The molecule has 0 N–H and O–H groups in total. The highest BCUT2D eigenvalue weighted by molar-refractivity contribution is 6.13. The quantitative estimate of drug-likeness (QED) is 0.186. The first-order valence-corrected chi connectivity index (χ1v) is 17.1. The van der Waals surface area contributed by atoms with Crippen molar-refractivity contribution in [1.82, 2.24) is 9.13 Å². The van der Waals surface area contributed by atoms with E-state index in [-0.39, 0.29) is 5.41 Å². The molecule has 1 aliphatic carbocycles. The van der Waals surface area contributed by atoms with E-state index in [4.69, 9.17) is 0 Å². The summed E-state index contributed by atoms with van der Waals surface area (Å²) in [7, 11) is 0. The van der Waals surface area contributed by atoms with Crippen molar-refractivity contribution < 1.29 is 0 Å². The minimum Gasteiger partial charge on any atom is -0.313 e. The second-order valence-corrected chi connectivity index (χ2v) is 14.2. The lowest BCUT2D eigenvalue weighted by atomic mass is 9.87. The van der Waals surface area contributed by atoms with Gasteiger partial charge in [0.1, 0.15) is 0 Å². The van der Waals surface area contributed by atoms with E-state index < -0.39 is 0 Å². The summed E-state index contributed by atoms with van der Waals surface area (Å²) >= 11 is 0. The van der Waals surface area contributed by atoms with Crippen molar-refractivity contribution in [2.24, 2.45) is 0 Å². The van der Waals surface area contributed by atoms with Crippen LogP contribution < -0.4 is 0 Å². The van der Waals surface area contributed by atoms with E-state index in [2.05, 4.69) is 182 Å². The average molecular weight is 619 g/mol. The van der Waals surface area contributed by atoms with E-state index in [1.807, 2.05) is 0 Å². The predicted octanol–water partition coefficient (Wildman–Crippen LogP) is 12.6. The molecule has 0 atom stereocenters. The van der Waals surface area contributed by atoms with Gasteiger partial charge in [0, 0.05) is 32.9 Å². The van der Waals surface area contributed by atoms with Crippen molar-refractivity contribution in [3.8, 4) is 16.8 Å². The first-order valence-electron chi connectivity index (χ1n) is 17.1. The fourth-order valence-corrected chi connectivity index (χ4v) is 7.71. The van der Waals surface area contributed by atoms with Crippen LogP contribution in [0.1, 0.15) is 44.7 Å². The van der Waals surface area contributed by atoms with E-state index in [1.165, 1.54) is 82.8 Å². The van der Waals surface area contributed by atoms with Crippen LogP contribution in [0.25, 0.3) is 71.7 Å². The van der Waals surface area contributed by atoms with E-state index in [9.17, 15) is 0 Å². The predicted molar refractivity (Wildman–Crippen MR) is 206 cm³/mol. The Balaban J connectivity index is 1.16. The normalized spacial score (nSPS) is 13.8. The van der Waals surface area contributed by atoms with Crippen molar-refractivity contribution in [1.29, 1.82) is 0 Å². The number of hydrogen-bond donors (Lipinski definition) is 0. The molecule has 0 unspecified atom stereocenters. The number of aromatic nitrogens is 2. The Morgan fingerprint density at radius 1 is 0.438 bits per heavy atom. The molecule has 48 heavy (non-hydrogen) atoms. The van der Waals surface area contributed by atoms with Crippen LogP contribution in [0.3, 0.4) is 0 Å². The summed E-state index contributed by atoms with van der Waals surface area (Å²) in [5, 5.41) is 5.14.